The van der Waals surface area contributed by atoms with Crippen molar-refractivity contribution in [3.8, 4) is 0 Å². The van der Waals surface area contributed by atoms with Gasteiger partial charge in [0.15, 0.2) is 0 Å². The molecule has 0 spiro atoms. The first-order valence-corrected chi connectivity index (χ1v) is 8.40. The average Bonchev–Trinajstić information content (AvgIpc) is 3.11. The molecule has 3 nitrogen and oxygen atoms in total. The molecule has 0 fully saturated rings. The first kappa shape index (κ1) is 15.0. The molecule has 0 amide bonds. The SMILES string of the molecule is COC(=O)c1ccc(C)c2c1[C@@H]1C=CC[C@@H]1[C@H](c1ccccc1)N2. The topological polar surface area (TPSA) is 38.3 Å². The Morgan fingerprint density at radius 2 is 1.96 bits per heavy atom. The van der Waals surface area contributed by atoms with E-state index < -0.39 is 0 Å². The molecule has 1 N–H and O–H groups in total. The van der Waals surface area contributed by atoms with Gasteiger partial charge in [-0.05, 0) is 42.0 Å². The van der Waals surface area contributed by atoms with E-state index in [0.717, 1.165) is 23.2 Å². The second-order valence-electron chi connectivity index (χ2n) is 6.60. The zero-order chi connectivity index (χ0) is 16.7. The van der Waals surface area contributed by atoms with Crippen molar-refractivity contribution in [1.29, 1.82) is 0 Å². The number of anilines is 1. The summed E-state index contributed by atoms with van der Waals surface area (Å²) < 4.78 is 5.01. The molecular formula is C21H21NO2. The smallest absolute Gasteiger partial charge is 0.338 e. The van der Waals surface area contributed by atoms with Crippen LogP contribution < -0.4 is 5.32 Å². The molecule has 0 radical (unpaired) electrons. The van der Waals surface area contributed by atoms with Crippen LogP contribution in [0.15, 0.2) is 54.6 Å². The van der Waals surface area contributed by atoms with E-state index in [1.54, 1.807) is 0 Å². The third-order valence-electron chi connectivity index (χ3n) is 5.29. The van der Waals surface area contributed by atoms with Crippen molar-refractivity contribution in [3.05, 3.63) is 76.9 Å². The summed E-state index contributed by atoms with van der Waals surface area (Å²) in [5.74, 6) is 0.413. The van der Waals surface area contributed by atoms with Gasteiger partial charge in [0.2, 0.25) is 0 Å². The standard InChI is InChI=1S/C21H21NO2/c1-13-11-12-17(21(23)24-2)18-15-9-6-10-16(15)20(22-19(13)18)14-7-4-3-5-8-14/h3-9,11-12,15-16,20,22H,10H2,1-2H3/t15-,16+,20+/m1/s1. The number of carbonyl (C=O) groups is 1. The molecule has 2 aliphatic rings. The van der Waals surface area contributed by atoms with Gasteiger partial charge in [0.25, 0.3) is 0 Å². The van der Waals surface area contributed by atoms with Gasteiger partial charge in [-0.3, -0.25) is 0 Å². The number of allylic oxidation sites excluding steroid dienone is 2. The predicted molar refractivity (Wildman–Crippen MR) is 95.3 cm³/mol. The first-order chi connectivity index (χ1) is 11.7. The van der Waals surface area contributed by atoms with E-state index in [1.165, 1.54) is 12.7 Å². The Morgan fingerprint density at radius 1 is 1.17 bits per heavy atom. The monoisotopic (exact) mass is 319 g/mol. The van der Waals surface area contributed by atoms with Crippen LogP contribution in [0.5, 0.6) is 0 Å². The number of ether oxygens (including phenoxy) is 1. The fraction of sp³-hybridized carbons (Fsp3) is 0.286. The minimum Gasteiger partial charge on any atom is -0.465 e. The number of aryl methyl sites for hydroxylation is 1. The van der Waals surface area contributed by atoms with Gasteiger partial charge >= 0.3 is 5.97 Å². The van der Waals surface area contributed by atoms with E-state index in [1.807, 2.05) is 18.2 Å². The van der Waals surface area contributed by atoms with Crippen LogP contribution in [0.2, 0.25) is 0 Å². The summed E-state index contributed by atoms with van der Waals surface area (Å²) in [7, 11) is 1.44. The number of hydrogen-bond donors (Lipinski definition) is 1. The Morgan fingerprint density at radius 3 is 2.71 bits per heavy atom. The lowest BCUT2D eigenvalue weighted by molar-refractivity contribution is 0.0598. The van der Waals surface area contributed by atoms with Crippen LogP contribution in [0.4, 0.5) is 5.69 Å². The molecule has 0 bridgehead atoms. The summed E-state index contributed by atoms with van der Waals surface area (Å²) in [5, 5.41) is 3.72. The van der Waals surface area contributed by atoms with Crippen LogP contribution >= 0.6 is 0 Å². The summed E-state index contributed by atoms with van der Waals surface area (Å²) in [5.41, 5.74) is 5.31. The number of esters is 1. The number of rotatable bonds is 2. The molecule has 0 saturated heterocycles. The molecule has 2 aromatic carbocycles. The van der Waals surface area contributed by atoms with E-state index in [0.29, 0.717) is 11.5 Å². The highest BCUT2D eigenvalue weighted by molar-refractivity contribution is 5.94. The summed E-state index contributed by atoms with van der Waals surface area (Å²) >= 11 is 0. The zero-order valence-electron chi connectivity index (χ0n) is 14.0. The number of carbonyl (C=O) groups excluding carboxylic acids is 1. The fourth-order valence-corrected chi connectivity index (χ4v) is 4.13. The van der Waals surface area contributed by atoms with E-state index in [2.05, 4.69) is 48.7 Å². The van der Waals surface area contributed by atoms with Crippen LogP contribution in [0, 0.1) is 12.8 Å². The second kappa shape index (κ2) is 5.82. The minimum absolute atomic E-state index is 0.250. The highest BCUT2D eigenvalue weighted by Gasteiger charge is 2.40. The third-order valence-corrected chi connectivity index (χ3v) is 5.29. The normalized spacial score (nSPS) is 24.0. The van der Waals surface area contributed by atoms with Gasteiger partial charge in [-0.2, -0.15) is 0 Å². The quantitative estimate of drug-likeness (QED) is 0.649. The molecular weight excluding hydrogens is 298 g/mol. The van der Waals surface area contributed by atoms with Crippen molar-refractivity contribution in [2.75, 3.05) is 12.4 Å². The Bertz CT molecular complexity index is 810. The molecule has 4 rings (SSSR count). The van der Waals surface area contributed by atoms with Crippen LogP contribution in [0.1, 0.15) is 45.4 Å². The Hall–Kier alpha value is -2.55. The van der Waals surface area contributed by atoms with Crippen LogP contribution in [0.3, 0.4) is 0 Å². The molecule has 122 valence electrons. The molecule has 0 aromatic heterocycles. The summed E-state index contributed by atoms with van der Waals surface area (Å²) in [6.45, 7) is 2.09. The van der Waals surface area contributed by atoms with Crippen molar-refractivity contribution < 1.29 is 9.53 Å². The lowest BCUT2D eigenvalue weighted by Crippen LogP contribution is -2.31. The maximum Gasteiger partial charge on any atom is 0.338 e. The van der Waals surface area contributed by atoms with Crippen molar-refractivity contribution in [3.63, 3.8) is 0 Å². The van der Waals surface area contributed by atoms with Crippen molar-refractivity contribution in [1.82, 2.24) is 0 Å². The Balaban J connectivity index is 1.87. The lowest BCUT2D eigenvalue weighted by Gasteiger charge is -2.39. The van der Waals surface area contributed by atoms with Gasteiger partial charge in [-0.1, -0.05) is 48.6 Å². The second-order valence-corrected chi connectivity index (χ2v) is 6.60. The number of fused-ring (bicyclic) bond motifs is 3. The molecule has 2 aromatic rings. The molecule has 1 heterocycles. The summed E-state index contributed by atoms with van der Waals surface area (Å²) in [4.78, 5) is 12.3. The first-order valence-electron chi connectivity index (χ1n) is 8.40. The molecule has 3 heteroatoms. The number of benzene rings is 2. The Kier molecular flexibility index (Phi) is 3.64. The van der Waals surface area contributed by atoms with Crippen LogP contribution in [0.25, 0.3) is 0 Å². The molecule has 3 atom stereocenters. The summed E-state index contributed by atoms with van der Waals surface area (Å²) in [6, 6.07) is 14.7. The van der Waals surface area contributed by atoms with Gasteiger partial charge in [0.1, 0.15) is 0 Å². The van der Waals surface area contributed by atoms with Gasteiger partial charge < -0.3 is 10.1 Å². The minimum atomic E-state index is -0.259. The molecule has 1 aliphatic heterocycles. The highest BCUT2D eigenvalue weighted by Crippen LogP contribution is 2.51. The molecule has 0 unspecified atom stereocenters. The number of nitrogens with one attached hydrogen (secondary N) is 1. The Labute approximate surface area is 142 Å². The largest absolute Gasteiger partial charge is 0.465 e. The maximum absolute atomic E-state index is 12.3. The maximum atomic E-state index is 12.3. The van der Waals surface area contributed by atoms with Gasteiger partial charge in [0, 0.05) is 11.6 Å². The molecule has 24 heavy (non-hydrogen) atoms. The molecule has 1 aliphatic carbocycles. The van der Waals surface area contributed by atoms with E-state index in [9.17, 15) is 4.79 Å². The predicted octanol–water partition coefficient (Wildman–Crippen LogP) is 4.61. The van der Waals surface area contributed by atoms with Crippen molar-refractivity contribution in [2.45, 2.75) is 25.3 Å². The number of methoxy groups -OCH3 is 1. The van der Waals surface area contributed by atoms with Crippen molar-refractivity contribution in [2.24, 2.45) is 5.92 Å². The van der Waals surface area contributed by atoms with E-state index in [4.69, 9.17) is 4.74 Å². The van der Waals surface area contributed by atoms with Gasteiger partial charge in [-0.25, -0.2) is 4.79 Å². The van der Waals surface area contributed by atoms with Gasteiger partial charge in [-0.15, -0.1) is 0 Å². The highest BCUT2D eigenvalue weighted by atomic mass is 16.5. The zero-order valence-corrected chi connectivity index (χ0v) is 14.0. The molecule has 0 saturated carbocycles. The van der Waals surface area contributed by atoms with Crippen LogP contribution in [-0.4, -0.2) is 13.1 Å². The third kappa shape index (κ3) is 2.23. The van der Waals surface area contributed by atoms with Gasteiger partial charge in [0.05, 0.1) is 18.7 Å². The lowest BCUT2D eigenvalue weighted by atomic mass is 9.75. The number of hydrogen-bond acceptors (Lipinski definition) is 3. The van der Waals surface area contributed by atoms with Crippen molar-refractivity contribution >= 4 is 11.7 Å². The van der Waals surface area contributed by atoms with E-state index in [-0.39, 0.29) is 17.9 Å². The average molecular weight is 319 g/mol. The fourth-order valence-electron chi connectivity index (χ4n) is 4.13. The van der Waals surface area contributed by atoms with Crippen LogP contribution in [-0.2, 0) is 4.74 Å². The summed E-state index contributed by atoms with van der Waals surface area (Å²) in [6.07, 6.45) is 5.52. The van der Waals surface area contributed by atoms with E-state index >= 15 is 0 Å².